The Labute approximate surface area is 119 Å². The van der Waals surface area contributed by atoms with Gasteiger partial charge in [-0.05, 0) is 18.2 Å². The van der Waals surface area contributed by atoms with E-state index >= 15 is 0 Å². The molecule has 1 N–H and O–H groups in total. The average Bonchev–Trinajstić information content (AvgIpc) is 2.24. The predicted molar refractivity (Wildman–Crippen MR) is 63.7 cm³/mol. The molecule has 110 valence electrons. The Morgan fingerprint density at radius 2 is 1.90 bits per heavy atom. The summed E-state index contributed by atoms with van der Waals surface area (Å²) in [4.78, 5) is 22.3. The number of alkyl halides is 3. The summed E-state index contributed by atoms with van der Waals surface area (Å²) in [5, 5.41) is 8.53. The number of halogens is 5. The first kappa shape index (κ1) is 16.4. The molecular formula is C11H8BrF4NO3. The van der Waals surface area contributed by atoms with E-state index in [0.29, 0.717) is 4.47 Å². The lowest BCUT2D eigenvalue weighted by molar-refractivity contribution is -0.149. The fourth-order valence-corrected chi connectivity index (χ4v) is 1.75. The van der Waals surface area contributed by atoms with Gasteiger partial charge >= 0.3 is 12.1 Å². The molecule has 0 heterocycles. The summed E-state index contributed by atoms with van der Waals surface area (Å²) in [5.74, 6) is -4.00. The van der Waals surface area contributed by atoms with Gasteiger partial charge in [-0.15, -0.1) is 0 Å². The molecule has 1 amide bonds. The van der Waals surface area contributed by atoms with Crippen molar-refractivity contribution < 1.29 is 32.3 Å². The molecule has 0 saturated carbocycles. The SMILES string of the molecule is O=C(O)CN(CC(F)(F)F)C(=O)c1ccc(Br)cc1F. The van der Waals surface area contributed by atoms with Crippen molar-refractivity contribution in [2.24, 2.45) is 0 Å². The fourth-order valence-electron chi connectivity index (χ4n) is 1.41. The van der Waals surface area contributed by atoms with Crippen LogP contribution in [0.4, 0.5) is 17.6 Å². The molecule has 20 heavy (non-hydrogen) atoms. The van der Waals surface area contributed by atoms with Crippen LogP contribution < -0.4 is 0 Å². The number of hydrogen-bond donors (Lipinski definition) is 1. The minimum absolute atomic E-state index is 0.0225. The maximum absolute atomic E-state index is 13.5. The van der Waals surface area contributed by atoms with Gasteiger partial charge in [0.15, 0.2) is 0 Å². The molecule has 0 saturated heterocycles. The molecule has 0 bridgehead atoms. The van der Waals surface area contributed by atoms with E-state index in [1.54, 1.807) is 0 Å². The van der Waals surface area contributed by atoms with Crippen molar-refractivity contribution in [2.75, 3.05) is 13.1 Å². The van der Waals surface area contributed by atoms with E-state index in [0.717, 1.165) is 12.1 Å². The molecule has 1 aromatic rings. The molecule has 1 aromatic carbocycles. The number of amides is 1. The second-order valence-corrected chi connectivity index (χ2v) is 4.71. The van der Waals surface area contributed by atoms with Crippen LogP contribution in [0.15, 0.2) is 22.7 Å². The lowest BCUT2D eigenvalue weighted by Crippen LogP contribution is -2.42. The third kappa shape index (κ3) is 4.80. The highest BCUT2D eigenvalue weighted by atomic mass is 79.9. The van der Waals surface area contributed by atoms with Crippen LogP contribution in [0, 0.1) is 5.82 Å². The average molecular weight is 358 g/mol. The van der Waals surface area contributed by atoms with Gasteiger partial charge in [-0.3, -0.25) is 9.59 Å². The summed E-state index contributed by atoms with van der Waals surface area (Å²) in [6.45, 7) is -2.94. The van der Waals surface area contributed by atoms with Gasteiger partial charge in [0.05, 0.1) is 5.56 Å². The van der Waals surface area contributed by atoms with Gasteiger partial charge in [0.25, 0.3) is 5.91 Å². The maximum atomic E-state index is 13.5. The summed E-state index contributed by atoms with van der Waals surface area (Å²) < 4.78 is 50.8. The molecular weight excluding hydrogens is 350 g/mol. The number of aliphatic carboxylic acids is 1. The summed E-state index contributed by atoms with van der Waals surface area (Å²) in [6, 6.07) is 3.15. The number of hydrogen-bond acceptors (Lipinski definition) is 2. The molecule has 0 aliphatic carbocycles. The predicted octanol–water partition coefficient (Wildman–Crippen LogP) is 2.68. The van der Waals surface area contributed by atoms with Crippen molar-refractivity contribution >= 4 is 27.8 Å². The van der Waals surface area contributed by atoms with E-state index in [2.05, 4.69) is 15.9 Å². The van der Waals surface area contributed by atoms with E-state index in [-0.39, 0.29) is 4.90 Å². The van der Waals surface area contributed by atoms with Crippen molar-refractivity contribution in [2.45, 2.75) is 6.18 Å². The van der Waals surface area contributed by atoms with Gasteiger partial charge in [0.2, 0.25) is 0 Å². The molecule has 0 radical (unpaired) electrons. The topological polar surface area (TPSA) is 57.6 Å². The van der Waals surface area contributed by atoms with Crippen LogP contribution in [0.25, 0.3) is 0 Å². The molecule has 0 atom stereocenters. The van der Waals surface area contributed by atoms with Crippen molar-refractivity contribution in [3.63, 3.8) is 0 Å². The van der Waals surface area contributed by atoms with Crippen molar-refractivity contribution in [1.82, 2.24) is 4.90 Å². The van der Waals surface area contributed by atoms with Gasteiger partial charge in [-0.25, -0.2) is 4.39 Å². The normalized spacial score (nSPS) is 11.2. The Hall–Kier alpha value is -1.64. The molecule has 0 aromatic heterocycles. The zero-order chi connectivity index (χ0) is 15.5. The monoisotopic (exact) mass is 357 g/mol. The summed E-state index contributed by atoms with van der Waals surface area (Å²) in [6.07, 6.45) is -4.78. The van der Waals surface area contributed by atoms with Crippen LogP contribution in [-0.4, -0.2) is 41.1 Å². The quantitative estimate of drug-likeness (QED) is 0.843. The molecule has 0 aliphatic rings. The Balaban J connectivity index is 3.06. The highest BCUT2D eigenvalue weighted by Crippen LogP contribution is 2.20. The molecule has 9 heteroatoms. The standard InChI is InChI=1S/C11H8BrF4NO3/c12-6-1-2-7(8(13)3-6)10(20)17(4-9(18)19)5-11(14,15)16/h1-3H,4-5H2,(H,18,19). The molecule has 4 nitrogen and oxygen atoms in total. The summed E-state index contributed by atoms with van der Waals surface area (Å²) >= 11 is 2.93. The summed E-state index contributed by atoms with van der Waals surface area (Å²) in [7, 11) is 0. The van der Waals surface area contributed by atoms with Crippen LogP contribution in [0.5, 0.6) is 0 Å². The lowest BCUT2D eigenvalue weighted by Gasteiger charge is -2.22. The lowest BCUT2D eigenvalue weighted by atomic mass is 10.2. The zero-order valence-electron chi connectivity index (χ0n) is 9.75. The second-order valence-electron chi connectivity index (χ2n) is 3.79. The number of carbonyl (C=O) groups excluding carboxylic acids is 1. The smallest absolute Gasteiger partial charge is 0.406 e. The minimum atomic E-state index is -4.78. The first-order valence-corrected chi connectivity index (χ1v) is 5.92. The van der Waals surface area contributed by atoms with Crippen molar-refractivity contribution in [3.05, 3.63) is 34.1 Å². The Morgan fingerprint density at radius 3 is 2.35 bits per heavy atom. The van der Waals surface area contributed by atoms with Crippen LogP contribution >= 0.6 is 15.9 Å². The molecule has 0 fully saturated rings. The number of carboxylic acid groups (broad SMARTS) is 1. The maximum Gasteiger partial charge on any atom is 0.406 e. The highest BCUT2D eigenvalue weighted by Gasteiger charge is 2.35. The van der Waals surface area contributed by atoms with Gasteiger partial charge < -0.3 is 10.0 Å². The highest BCUT2D eigenvalue weighted by molar-refractivity contribution is 9.10. The number of benzene rings is 1. The number of nitrogens with zero attached hydrogens (tertiary/aromatic N) is 1. The third-order valence-corrected chi connectivity index (χ3v) is 2.64. The van der Waals surface area contributed by atoms with E-state index < -0.39 is 42.5 Å². The van der Waals surface area contributed by atoms with Gasteiger partial charge in [0.1, 0.15) is 18.9 Å². The second kappa shape index (κ2) is 6.21. The van der Waals surface area contributed by atoms with Crippen molar-refractivity contribution in [1.29, 1.82) is 0 Å². The van der Waals surface area contributed by atoms with E-state index in [9.17, 15) is 27.2 Å². The minimum Gasteiger partial charge on any atom is -0.480 e. The summed E-state index contributed by atoms with van der Waals surface area (Å²) in [5.41, 5.74) is -0.626. The molecule has 1 rings (SSSR count). The Bertz CT molecular complexity index is 533. The van der Waals surface area contributed by atoms with Gasteiger partial charge in [-0.2, -0.15) is 13.2 Å². The molecule has 0 unspecified atom stereocenters. The van der Waals surface area contributed by atoms with E-state index in [4.69, 9.17) is 5.11 Å². The fraction of sp³-hybridized carbons (Fsp3) is 0.273. The number of rotatable bonds is 4. The molecule has 0 aliphatic heterocycles. The van der Waals surface area contributed by atoms with E-state index in [1.165, 1.54) is 6.07 Å². The Morgan fingerprint density at radius 1 is 1.30 bits per heavy atom. The van der Waals surface area contributed by atoms with Crippen LogP contribution in [-0.2, 0) is 4.79 Å². The first-order valence-electron chi connectivity index (χ1n) is 5.13. The van der Waals surface area contributed by atoms with Gasteiger partial charge in [-0.1, -0.05) is 15.9 Å². The third-order valence-electron chi connectivity index (χ3n) is 2.15. The van der Waals surface area contributed by atoms with Crippen LogP contribution in [0.3, 0.4) is 0 Å². The Kier molecular flexibility index (Phi) is 5.09. The molecule has 0 spiro atoms. The van der Waals surface area contributed by atoms with E-state index in [1.807, 2.05) is 0 Å². The largest absolute Gasteiger partial charge is 0.480 e. The zero-order valence-corrected chi connectivity index (χ0v) is 11.3. The number of carbonyl (C=O) groups is 2. The van der Waals surface area contributed by atoms with Crippen LogP contribution in [0.1, 0.15) is 10.4 Å². The van der Waals surface area contributed by atoms with Crippen LogP contribution in [0.2, 0.25) is 0 Å². The number of carboxylic acids is 1. The first-order chi connectivity index (χ1) is 9.10. The van der Waals surface area contributed by atoms with Crippen molar-refractivity contribution in [3.8, 4) is 0 Å². The van der Waals surface area contributed by atoms with Gasteiger partial charge in [0, 0.05) is 4.47 Å².